The number of hydrogen-bond donors (Lipinski definition) is 1. The van der Waals surface area contributed by atoms with Gasteiger partial charge in [0.1, 0.15) is 0 Å². The molecule has 0 aromatic rings. The summed E-state index contributed by atoms with van der Waals surface area (Å²) in [4.78, 5) is 2.70. The van der Waals surface area contributed by atoms with Gasteiger partial charge >= 0.3 is 0 Å². The normalized spacial score (nSPS) is 29.2. The minimum Gasteiger partial charge on any atom is -0.314 e. The van der Waals surface area contributed by atoms with E-state index in [-0.39, 0.29) is 0 Å². The Morgan fingerprint density at radius 1 is 1.44 bits per heavy atom. The molecule has 96 valence electrons. The van der Waals surface area contributed by atoms with Crippen LogP contribution in [-0.4, -0.2) is 48.6 Å². The number of nitrogens with one attached hydrogen (secondary N) is 1. The van der Waals surface area contributed by atoms with Gasteiger partial charge < -0.3 is 5.32 Å². The molecule has 0 aromatic heterocycles. The van der Waals surface area contributed by atoms with Crippen LogP contribution in [0.1, 0.15) is 33.6 Å². The minimum atomic E-state index is 0.744. The van der Waals surface area contributed by atoms with Crippen molar-refractivity contribution in [2.45, 2.75) is 45.7 Å². The predicted octanol–water partition coefficient (Wildman–Crippen LogP) is 2.45. The summed E-state index contributed by atoms with van der Waals surface area (Å²) < 4.78 is 0. The summed E-state index contributed by atoms with van der Waals surface area (Å²) in [7, 11) is 0. The van der Waals surface area contributed by atoms with Gasteiger partial charge in [-0.25, -0.2) is 0 Å². The summed E-state index contributed by atoms with van der Waals surface area (Å²) in [5, 5.41) is 3.61. The number of hydrogen-bond acceptors (Lipinski definition) is 3. The Kier molecular flexibility index (Phi) is 6.78. The summed E-state index contributed by atoms with van der Waals surface area (Å²) in [6.07, 6.45) is 4.83. The molecule has 16 heavy (non-hydrogen) atoms. The lowest BCUT2D eigenvalue weighted by Gasteiger charge is -2.41. The fourth-order valence-corrected chi connectivity index (χ4v) is 3.58. The van der Waals surface area contributed by atoms with E-state index in [2.05, 4.69) is 37.2 Å². The van der Waals surface area contributed by atoms with Gasteiger partial charge in [0.25, 0.3) is 0 Å². The number of thioether (sulfide) groups is 1. The Labute approximate surface area is 106 Å². The standard InChI is InChI=1S/C13H28N2S/c1-5-12(10-16-4)15-8-7-13(14-6-2)11(3)9-15/h11-14H,5-10H2,1-4H3. The predicted molar refractivity (Wildman–Crippen MR) is 75.3 cm³/mol. The second-order valence-corrected chi connectivity index (χ2v) is 5.85. The summed E-state index contributed by atoms with van der Waals surface area (Å²) in [5.41, 5.74) is 0. The van der Waals surface area contributed by atoms with Crippen LogP contribution >= 0.6 is 11.8 Å². The summed E-state index contributed by atoms with van der Waals surface area (Å²) in [5.74, 6) is 2.08. The zero-order chi connectivity index (χ0) is 12.0. The van der Waals surface area contributed by atoms with Crippen molar-refractivity contribution in [3.8, 4) is 0 Å². The third kappa shape index (κ3) is 3.94. The average molecular weight is 244 g/mol. The second-order valence-electron chi connectivity index (χ2n) is 4.94. The van der Waals surface area contributed by atoms with Crippen molar-refractivity contribution >= 4 is 11.8 Å². The van der Waals surface area contributed by atoms with Crippen LogP contribution in [-0.2, 0) is 0 Å². The van der Waals surface area contributed by atoms with Crippen molar-refractivity contribution in [1.29, 1.82) is 0 Å². The highest BCUT2D eigenvalue weighted by Crippen LogP contribution is 2.21. The first-order chi connectivity index (χ1) is 7.72. The van der Waals surface area contributed by atoms with Gasteiger partial charge in [0, 0.05) is 24.4 Å². The van der Waals surface area contributed by atoms with E-state index in [1.807, 2.05) is 11.8 Å². The van der Waals surface area contributed by atoms with Crippen molar-refractivity contribution in [2.75, 3.05) is 31.6 Å². The Morgan fingerprint density at radius 3 is 2.69 bits per heavy atom. The Bertz CT molecular complexity index is 187. The van der Waals surface area contributed by atoms with Crippen molar-refractivity contribution in [1.82, 2.24) is 10.2 Å². The van der Waals surface area contributed by atoms with Gasteiger partial charge in [-0.05, 0) is 38.1 Å². The van der Waals surface area contributed by atoms with Gasteiger partial charge in [-0.2, -0.15) is 11.8 Å². The van der Waals surface area contributed by atoms with Crippen molar-refractivity contribution in [2.24, 2.45) is 5.92 Å². The fourth-order valence-electron chi connectivity index (χ4n) is 2.75. The van der Waals surface area contributed by atoms with Gasteiger partial charge in [0.15, 0.2) is 0 Å². The lowest BCUT2D eigenvalue weighted by atomic mass is 9.92. The van der Waals surface area contributed by atoms with E-state index in [9.17, 15) is 0 Å². The first-order valence-electron chi connectivity index (χ1n) is 6.69. The molecular formula is C13H28N2S. The zero-order valence-corrected chi connectivity index (χ0v) is 12.1. The molecule has 1 aliphatic heterocycles. The SMILES string of the molecule is CCNC1CCN(C(CC)CSC)CC1C. The summed E-state index contributed by atoms with van der Waals surface area (Å²) >= 11 is 1.98. The van der Waals surface area contributed by atoms with Gasteiger partial charge in [-0.1, -0.05) is 20.8 Å². The van der Waals surface area contributed by atoms with E-state index in [1.165, 1.54) is 31.7 Å². The van der Waals surface area contributed by atoms with E-state index in [0.717, 1.165) is 24.5 Å². The van der Waals surface area contributed by atoms with Gasteiger partial charge in [0.05, 0.1) is 0 Å². The Morgan fingerprint density at radius 2 is 2.19 bits per heavy atom. The lowest BCUT2D eigenvalue weighted by Crippen LogP contribution is -2.51. The fraction of sp³-hybridized carbons (Fsp3) is 1.00. The highest BCUT2D eigenvalue weighted by Gasteiger charge is 2.28. The van der Waals surface area contributed by atoms with Crippen LogP contribution in [0.3, 0.4) is 0 Å². The first-order valence-corrected chi connectivity index (χ1v) is 8.08. The molecule has 0 amide bonds. The Hall–Kier alpha value is 0.270. The molecule has 0 bridgehead atoms. The number of rotatable bonds is 6. The highest BCUT2D eigenvalue weighted by atomic mass is 32.2. The monoisotopic (exact) mass is 244 g/mol. The molecule has 0 aromatic carbocycles. The molecule has 0 aliphatic carbocycles. The van der Waals surface area contributed by atoms with Crippen molar-refractivity contribution in [3.05, 3.63) is 0 Å². The molecule has 0 spiro atoms. The van der Waals surface area contributed by atoms with Crippen LogP contribution in [0.5, 0.6) is 0 Å². The topological polar surface area (TPSA) is 15.3 Å². The van der Waals surface area contributed by atoms with E-state index >= 15 is 0 Å². The minimum absolute atomic E-state index is 0.744. The third-order valence-electron chi connectivity index (χ3n) is 3.75. The largest absolute Gasteiger partial charge is 0.314 e. The van der Waals surface area contributed by atoms with Crippen LogP contribution in [0.25, 0.3) is 0 Å². The molecule has 0 saturated carbocycles. The molecule has 1 heterocycles. The third-order valence-corrected chi connectivity index (χ3v) is 4.47. The van der Waals surface area contributed by atoms with Crippen molar-refractivity contribution < 1.29 is 0 Å². The maximum Gasteiger partial charge on any atom is 0.0183 e. The quantitative estimate of drug-likeness (QED) is 0.772. The first kappa shape index (κ1) is 14.3. The molecule has 1 fully saturated rings. The van der Waals surface area contributed by atoms with Crippen LogP contribution in [0.4, 0.5) is 0 Å². The molecule has 3 unspecified atom stereocenters. The van der Waals surface area contributed by atoms with Gasteiger partial charge in [-0.15, -0.1) is 0 Å². The molecule has 1 rings (SSSR count). The summed E-state index contributed by atoms with van der Waals surface area (Å²) in [6, 6.07) is 1.54. The molecule has 1 aliphatic rings. The van der Waals surface area contributed by atoms with E-state index in [4.69, 9.17) is 0 Å². The maximum absolute atomic E-state index is 3.61. The molecule has 3 atom stereocenters. The van der Waals surface area contributed by atoms with Crippen LogP contribution in [0.2, 0.25) is 0 Å². The summed E-state index contributed by atoms with van der Waals surface area (Å²) in [6.45, 7) is 10.6. The van der Waals surface area contributed by atoms with E-state index in [1.54, 1.807) is 0 Å². The molecule has 3 heteroatoms. The molecule has 0 radical (unpaired) electrons. The second kappa shape index (κ2) is 7.57. The average Bonchev–Trinajstić information content (AvgIpc) is 2.29. The number of likely N-dealkylation sites (tertiary alicyclic amines) is 1. The number of piperidine rings is 1. The molecule has 1 N–H and O–H groups in total. The number of nitrogens with zero attached hydrogens (tertiary/aromatic N) is 1. The van der Waals surface area contributed by atoms with Gasteiger partial charge in [-0.3, -0.25) is 4.90 Å². The molecular weight excluding hydrogens is 216 g/mol. The zero-order valence-electron chi connectivity index (χ0n) is 11.3. The molecule has 1 saturated heterocycles. The van der Waals surface area contributed by atoms with Crippen LogP contribution < -0.4 is 5.32 Å². The molecule has 2 nitrogen and oxygen atoms in total. The van der Waals surface area contributed by atoms with Crippen LogP contribution in [0.15, 0.2) is 0 Å². The van der Waals surface area contributed by atoms with E-state index in [0.29, 0.717) is 0 Å². The van der Waals surface area contributed by atoms with Gasteiger partial charge in [0.2, 0.25) is 0 Å². The van der Waals surface area contributed by atoms with Crippen LogP contribution in [0, 0.1) is 5.92 Å². The van der Waals surface area contributed by atoms with E-state index < -0.39 is 0 Å². The smallest absolute Gasteiger partial charge is 0.0183 e. The Balaban J connectivity index is 2.42. The van der Waals surface area contributed by atoms with Crippen molar-refractivity contribution in [3.63, 3.8) is 0 Å². The maximum atomic E-state index is 3.61. The highest BCUT2D eigenvalue weighted by molar-refractivity contribution is 7.98. The lowest BCUT2D eigenvalue weighted by molar-refractivity contribution is 0.112.